The first-order valence-corrected chi connectivity index (χ1v) is 6.96. The maximum Gasteiger partial charge on any atom is 0.166 e. The Bertz CT molecular complexity index is 685. The molecule has 1 aliphatic rings. The van der Waals surface area contributed by atoms with Crippen LogP contribution in [-0.2, 0) is 12.8 Å². The van der Waals surface area contributed by atoms with Gasteiger partial charge in [0.05, 0.1) is 10.2 Å². The van der Waals surface area contributed by atoms with Gasteiger partial charge in [0.25, 0.3) is 0 Å². The van der Waals surface area contributed by atoms with Gasteiger partial charge in [-0.05, 0) is 59.8 Å². The van der Waals surface area contributed by atoms with Crippen molar-refractivity contribution in [3.8, 4) is 11.8 Å². The van der Waals surface area contributed by atoms with Crippen LogP contribution in [0.3, 0.4) is 0 Å². The second-order valence-electron chi connectivity index (χ2n) is 4.60. The summed E-state index contributed by atoms with van der Waals surface area (Å²) in [6.45, 7) is 0. The second kappa shape index (κ2) is 4.78. The summed E-state index contributed by atoms with van der Waals surface area (Å²) < 4.78 is 15.5. The number of fused-ring (bicyclic) bond motifs is 1. The molecule has 0 saturated heterocycles. The first kappa shape index (κ1) is 12.4. The zero-order valence-electron chi connectivity index (χ0n) is 10.2. The van der Waals surface area contributed by atoms with Gasteiger partial charge in [0.15, 0.2) is 5.69 Å². The van der Waals surface area contributed by atoms with Crippen molar-refractivity contribution in [3.05, 3.63) is 45.4 Å². The van der Waals surface area contributed by atoms with Crippen LogP contribution in [0.2, 0.25) is 0 Å². The minimum atomic E-state index is -0.301. The van der Waals surface area contributed by atoms with E-state index >= 15 is 0 Å². The summed E-state index contributed by atoms with van der Waals surface area (Å²) >= 11 is 3.18. The Labute approximate surface area is 118 Å². The fraction of sp³-hybridized carbons (Fsp3) is 0.286. The van der Waals surface area contributed by atoms with Crippen molar-refractivity contribution >= 4 is 15.9 Å². The van der Waals surface area contributed by atoms with Gasteiger partial charge in [0.1, 0.15) is 11.9 Å². The van der Waals surface area contributed by atoms with E-state index < -0.39 is 0 Å². The van der Waals surface area contributed by atoms with Crippen LogP contribution >= 0.6 is 15.9 Å². The van der Waals surface area contributed by atoms with Crippen LogP contribution in [0.15, 0.2) is 22.7 Å². The Hall–Kier alpha value is -1.67. The highest BCUT2D eigenvalue weighted by Gasteiger charge is 2.21. The molecule has 0 aliphatic heterocycles. The van der Waals surface area contributed by atoms with E-state index in [2.05, 4.69) is 27.1 Å². The number of hydrogen-bond donors (Lipinski definition) is 0. The average Bonchev–Trinajstić information content (AvgIpc) is 2.81. The quantitative estimate of drug-likeness (QED) is 0.807. The van der Waals surface area contributed by atoms with Crippen LogP contribution in [0.5, 0.6) is 0 Å². The number of benzene rings is 1. The Morgan fingerprint density at radius 2 is 2.11 bits per heavy atom. The molecule has 1 aromatic heterocycles. The first-order chi connectivity index (χ1) is 9.20. The van der Waals surface area contributed by atoms with E-state index in [1.165, 1.54) is 6.07 Å². The lowest BCUT2D eigenvalue weighted by molar-refractivity contribution is 0.618. The van der Waals surface area contributed by atoms with E-state index in [0.717, 1.165) is 42.6 Å². The molecule has 1 aliphatic carbocycles. The van der Waals surface area contributed by atoms with Crippen molar-refractivity contribution < 1.29 is 4.39 Å². The Balaban J connectivity index is 2.17. The lowest BCUT2D eigenvalue weighted by Crippen LogP contribution is -2.07. The summed E-state index contributed by atoms with van der Waals surface area (Å²) in [6.07, 6.45) is 4.02. The third kappa shape index (κ3) is 2.06. The SMILES string of the molecule is N#Cc1nn(-c2ccc(F)c(Br)c2)c2c1CCCC2. The molecule has 0 N–H and O–H groups in total. The molecule has 3 rings (SSSR count). The molecule has 0 bridgehead atoms. The van der Waals surface area contributed by atoms with Crippen LogP contribution < -0.4 is 0 Å². The number of rotatable bonds is 1. The van der Waals surface area contributed by atoms with E-state index in [1.54, 1.807) is 16.8 Å². The van der Waals surface area contributed by atoms with E-state index in [9.17, 15) is 4.39 Å². The van der Waals surface area contributed by atoms with Crippen molar-refractivity contribution in [1.29, 1.82) is 5.26 Å². The lowest BCUT2D eigenvalue weighted by atomic mass is 9.96. The third-order valence-corrected chi connectivity index (χ3v) is 4.04. The number of halogens is 2. The highest BCUT2D eigenvalue weighted by molar-refractivity contribution is 9.10. The average molecular weight is 320 g/mol. The summed E-state index contributed by atoms with van der Waals surface area (Å²) in [5.74, 6) is -0.301. The number of aromatic nitrogens is 2. The Morgan fingerprint density at radius 3 is 2.84 bits per heavy atom. The number of hydrogen-bond acceptors (Lipinski definition) is 2. The summed E-state index contributed by atoms with van der Waals surface area (Å²) in [5, 5.41) is 13.5. The molecule has 0 radical (unpaired) electrons. The van der Waals surface area contributed by atoms with E-state index in [0.29, 0.717) is 10.2 Å². The molecule has 2 aromatic rings. The predicted octanol–water partition coefficient (Wildman–Crippen LogP) is 3.52. The molecule has 5 heteroatoms. The molecule has 19 heavy (non-hydrogen) atoms. The van der Waals surface area contributed by atoms with E-state index in [-0.39, 0.29) is 5.82 Å². The predicted molar refractivity (Wildman–Crippen MR) is 72.6 cm³/mol. The summed E-state index contributed by atoms with van der Waals surface area (Å²) in [6, 6.07) is 6.94. The van der Waals surface area contributed by atoms with Crippen molar-refractivity contribution in [2.75, 3.05) is 0 Å². The number of nitriles is 1. The van der Waals surface area contributed by atoms with Gasteiger partial charge >= 0.3 is 0 Å². The van der Waals surface area contributed by atoms with Gasteiger partial charge in [-0.2, -0.15) is 10.4 Å². The van der Waals surface area contributed by atoms with Gasteiger partial charge in [-0.25, -0.2) is 9.07 Å². The fourth-order valence-corrected chi connectivity index (χ4v) is 2.89. The molecule has 1 heterocycles. The standard InChI is InChI=1S/C14H11BrFN3/c15-11-7-9(5-6-12(11)16)19-14-4-2-1-3-10(14)13(8-17)18-19/h5-7H,1-4H2. The van der Waals surface area contributed by atoms with Crippen LogP contribution in [0.4, 0.5) is 4.39 Å². The molecule has 3 nitrogen and oxygen atoms in total. The smallest absolute Gasteiger partial charge is 0.166 e. The monoisotopic (exact) mass is 319 g/mol. The number of nitrogens with zero attached hydrogens (tertiary/aromatic N) is 3. The van der Waals surface area contributed by atoms with Crippen molar-refractivity contribution in [2.45, 2.75) is 25.7 Å². The zero-order chi connectivity index (χ0) is 13.4. The van der Waals surface area contributed by atoms with E-state index in [1.807, 2.05) is 0 Å². The molecular formula is C14H11BrFN3. The lowest BCUT2D eigenvalue weighted by Gasteiger charge is -2.14. The summed E-state index contributed by atoms with van der Waals surface area (Å²) in [4.78, 5) is 0. The highest BCUT2D eigenvalue weighted by atomic mass is 79.9. The molecule has 0 amide bonds. The molecule has 0 unspecified atom stereocenters. The largest absolute Gasteiger partial charge is 0.236 e. The summed E-state index contributed by atoms with van der Waals surface area (Å²) in [5.41, 5.74) is 3.42. The van der Waals surface area contributed by atoms with Crippen molar-refractivity contribution in [2.24, 2.45) is 0 Å². The van der Waals surface area contributed by atoms with Crippen LogP contribution in [-0.4, -0.2) is 9.78 Å². The van der Waals surface area contributed by atoms with Gasteiger partial charge in [-0.1, -0.05) is 0 Å². The minimum absolute atomic E-state index is 0.301. The zero-order valence-corrected chi connectivity index (χ0v) is 11.7. The third-order valence-electron chi connectivity index (χ3n) is 3.43. The Kier molecular flexibility index (Phi) is 3.11. The van der Waals surface area contributed by atoms with Gasteiger partial charge < -0.3 is 0 Å². The fourth-order valence-electron chi connectivity index (χ4n) is 2.52. The van der Waals surface area contributed by atoms with Gasteiger partial charge in [0, 0.05) is 11.3 Å². The van der Waals surface area contributed by atoms with Gasteiger partial charge in [0.2, 0.25) is 0 Å². The molecule has 0 spiro atoms. The first-order valence-electron chi connectivity index (χ1n) is 6.17. The van der Waals surface area contributed by atoms with Crippen molar-refractivity contribution in [1.82, 2.24) is 9.78 Å². The van der Waals surface area contributed by atoms with Crippen LogP contribution in [0.25, 0.3) is 5.69 Å². The van der Waals surface area contributed by atoms with Crippen LogP contribution in [0.1, 0.15) is 29.8 Å². The molecule has 0 atom stereocenters. The minimum Gasteiger partial charge on any atom is -0.236 e. The normalized spacial score (nSPS) is 13.9. The molecule has 96 valence electrons. The van der Waals surface area contributed by atoms with Crippen molar-refractivity contribution in [3.63, 3.8) is 0 Å². The molecule has 0 fully saturated rings. The maximum absolute atomic E-state index is 13.3. The maximum atomic E-state index is 13.3. The highest BCUT2D eigenvalue weighted by Crippen LogP contribution is 2.28. The molecule has 0 saturated carbocycles. The summed E-state index contributed by atoms with van der Waals surface area (Å²) in [7, 11) is 0. The van der Waals surface area contributed by atoms with Gasteiger partial charge in [-0.15, -0.1) is 0 Å². The molecular weight excluding hydrogens is 309 g/mol. The second-order valence-corrected chi connectivity index (χ2v) is 5.46. The van der Waals surface area contributed by atoms with E-state index in [4.69, 9.17) is 5.26 Å². The molecule has 1 aromatic carbocycles. The Morgan fingerprint density at radius 1 is 1.32 bits per heavy atom. The van der Waals surface area contributed by atoms with Gasteiger partial charge in [-0.3, -0.25) is 0 Å². The van der Waals surface area contributed by atoms with Crippen LogP contribution in [0, 0.1) is 17.1 Å². The topological polar surface area (TPSA) is 41.6 Å².